The van der Waals surface area contributed by atoms with E-state index in [1.807, 2.05) is 20.0 Å². The molecule has 3 nitrogen and oxygen atoms in total. The van der Waals surface area contributed by atoms with Crippen LogP contribution in [0.1, 0.15) is 24.0 Å². The Hall–Kier alpha value is -1.62. The number of aryl methyl sites for hydroxylation is 1. The Labute approximate surface area is 123 Å². The van der Waals surface area contributed by atoms with Crippen molar-refractivity contribution in [3.05, 3.63) is 47.2 Å². The highest BCUT2D eigenvalue weighted by Crippen LogP contribution is 2.24. The molecule has 0 atom stereocenters. The van der Waals surface area contributed by atoms with Crippen LogP contribution in [0, 0.1) is 12.7 Å². The minimum absolute atomic E-state index is 0.218. The van der Waals surface area contributed by atoms with Gasteiger partial charge in [-0.05, 0) is 31.5 Å². The summed E-state index contributed by atoms with van der Waals surface area (Å²) in [6.07, 6.45) is 0.902. The summed E-state index contributed by atoms with van der Waals surface area (Å²) >= 11 is 1.54. The number of nitrogens with zero attached hydrogens (tertiary/aromatic N) is 2. The smallest absolute Gasteiger partial charge is 0.141 e. The molecule has 0 saturated heterocycles. The number of aromatic nitrogens is 2. The second-order valence-electron chi connectivity index (χ2n) is 4.40. The van der Waals surface area contributed by atoms with E-state index in [-0.39, 0.29) is 5.82 Å². The number of halogens is 1. The lowest BCUT2D eigenvalue weighted by molar-refractivity contribution is 0.624. The van der Waals surface area contributed by atoms with Crippen LogP contribution >= 0.6 is 11.8 Å². The van der Waals surface area contributed by atoms with Gasteiger partial charge in [0.1, 0.15) is 17.5 Å². The summed E-state index contributed by atoms with van der Waals surface area (Å²) in [6.45, 7) is 4.09. The minimum atomic E-state index is -0.218. The molecule has 0 bridgehead atoms. The molecule has 0 fully saturated rings. The Balaban J connectivity index is 2.16. The van der Waals surface area contributed by atoms with Gasteiger partial charge in [-0.2, -0.15) is 0 Å². The predicted molar refractivity (Wildman–Crippen MR) is 81.7 cm³/mol. The lowest BCUT2D eigenvalue weighted by Crippen LogP contribution is -2.06. The van der Waals surface area contributed by atoms with E-state index in [2.05, 4.69) is 22.2 Å². The van der Waals surface area contributed by atoms with Crippen LogP contribution in [0.15, 0.2) is 29.2 Å². The summed E-state index contributed by atoms with van der Waals surface area (Å²) in [4.78, 5) is 9.93. The van der Waals surface area contributed by atoms with Crippen LogP contribution in [-0.2, 0) is 12.2 Å². The van der Waals surface area contributed by atoms with Crippen molar-refractivity contribution in [1.29, 1.82) is 0 Å². The zero-order valence-corrected chi connectivity index (χ0v) is 12.7. The Morgan fingerprint density at radius 1 is 1.30 bits per heavy atom. The summed E-state index contributed by atoms with van der Waals surface area (Å²) in [7, 11) is 1.87. The van der Waals surface area contributed by atoms with E-state index in [4.69, 9.17) is 0 Å². The van der Waals surface area contributed by atoms with E-state index in [1.54, 1.807) is 6.07 Å². The van der Waals surface area contributed by atoms with Crippen LogP contribution in [0.2, 0.25) is 0 Å². The zero-order chi connectivity index (χ0) is 14.5. The summed E-state index contributed by atoms with van der Waals surface area (Å²) in [5.74, 6) is 2.06. The Morgan fingerprint density at radius 2 is 2.10 bits per heavy atom. The molecule has 1 aromatic heterocycles. The normalized spacial score (nSPS) is 10.6. The van der Waals surface area contributed by atoms with Crippen molar-refractivity contribution in [1.82, 2.24) is 9.97 Å². The first-order chi connectivity index (χ1) is 9.63. The van der Waals surface area contributed by atoms with Gasteiger partial charge in [-0.3, -0.25) is 0 Å². The van der Waals surface area contributed by atoms with Crippen molar-refractivity contribution >= 4 is 17.6 Å². The zero-order valence-electron chi connectivity index (χ0n) is 11.9. The quantitative estimate of drug-likeness (QED) is 0.850. The van der Waals surface area contributed by atoms with Gasteiger partial charge in [-0.1, -0.05) is 13.0 Å². The van der Waals surface area contributed by atoms with Crippen LogP contribution in [0.25, 0.3) is 0 Å². The number of anilines is 1. The summed E-state index contributed by atoms with van der Waals surface area (Å²) < 4.78 is 13.1. The van der Waals surface area contributed by atoms with Gasteiger partial charge in [0.25, 0.3) is 0 Å². The lowest BCUT2D eigenvalue weighted by atomic mass is 10.1. The topological polar surface area (TPSA) is 37.8 Å². The van der Waals surface area contributed by atoms with Gasteiger partial charge in [-0.15, -0.1) is 11.8 Å². The van der Waals surface area contributed by atoms with Crippen LogP contribution in [0.5, 0.6) is 0 Å². The number of thioether (sulfide) groups is 1. The van der Waals surface area contributed by atoms with Crippen molar-refractivity contribution in [2.24, 2.45) is 0 Å². The highest BCUT2D eigenvalue weighted by molar-refractivity contribution is 7.98. The first-order valence-electron chi connectivity index (χ1n) is 6.56. The molecule has 0 saturated carbocycles. The molecule has 0 spiro atoms. The van der Waals surface area contributed by atoms with Gasteiger partial charge in [-0.25, -0.2) is 14.4 Å². The van der Waals surface area contributed by atoms with Gasteiger partial charge in [0.2, 0.25) is 0 Å². The fourth-order valence-corrected chi connectivity index (χ4v) is 2.85. The van der Waals surface area contributed by atoms with Crippen molar-refractivity contribution in [2.45, 2.75) is 30.9 Å². The molecular weight excluding hydrogens is 273 g/mol. The number of nitrogens with one attached hydrogen (secondary N) is 1. The fourth-order valence-electron chi connectivity index (χ4n) is 2.05. The second kappa shape index (κ2) is 6.70. The van der Waals surface area contributed by atoms with Crippen molar-refractivity contribution in [2.75, 3.05) is 12.4 Å². The van der Waals surface area contributed by atoms with Crippen molar-refractivity contribution < 1.29 is 4.39 Å². The fraction of sp³-hybridized carbons (Fsp3) is 0.333. The molecule has 5 heteroatoms. The molecule has 1 aromatic carbocycles. The summed E-state index contributed by atoms with van der Waals surface area (Å²) in [6, 6.07) is 6.57. The third-order valence-corrected chi connectivity index (χ3v) is 4.00. The highest BCUT2D eigenvalue weighted by atomic mass is 32.2. The van der Waals surface area contributed by atoms with Gasteiger partial charge in [0.15, 0.2) is 0 Å². The van der Waals surface area contributed by atoms with E-state index < -0.39 is 0 Å². The third kappa shape index (κ3) is 3.48. The standard InChI is InChI=1S/C15H18FN3S/c1-4-13-10(2)18-14(19-15(13)17-3)9-20-12-7-5-6-11(16)8-12/h5-8H,4,9H2,1-3H3,(H,17,18,19). The molecule has 106 valence electrons. The third-order valence-electron chi connectivity index (χ3n) is 3.01. The van der Waals surface area contributed by atoms with Crippen molar-refractivity contribution in [3.8, 4) is 0 Å². The van der Waals surface area contributed by atoms with Gasteiger partial charge >= 0.3 is 0 Å². The van der Waals surface area contributed by atoms with Gasteiger partial charge in [0, 0.05) is 23.2 Å². The molecule has 20 heavy (non-hydrogen) atoms. The molecule has 1 heterocycles. The second-order valence-corrected chi connectivity index (χ2v) is 5.45. The van der Waals surface area contributed by atoms with Crippen LogP contribution in [0.3, 0.4) is 0 Å². The molecule has 2 aromatic rings. The van der Waals surface area contributed by atoms with E-state index in [0.29, 0.717) is 5.75 Å². The monoisotopic (exact) mass is 291 g/mol. The molecule has 0 aliphatic rings. The number of hydrogen-bond acceptors (Lipinski definition) is 4. The molecule has 0 amide bonds. The average molecular weight is 291 g/mol. The summed E-state index contributed by atoms with van der Waals surface area (Å²) in [5, 5.41) is 3.11. The number of benzene rings is 1. The Kier molecular flexibility index (Phi) is 4.95. The first kappa shape index (κ1) is 14.8. The molecule has 0 aliphatic heterocycles. The highest BCUT2D eigenvalue weighted by Gasteiger charge is 2.09. The van der Waals surface area contributed by atoms with Crippen LogP contribution in [-0.4, -0.2) is 17.0 Å². The number of rotatable bonds is 5. The molecule has 2 rings (SSSR count). The SMILES string of the molecule is CCc1c(C)nc(CSc2cccc(F)c2)nc1NC. The maximum absolute atomic E-state index is 13.1. The van der Waals surface area contributed by atoms with Crippen LogP contribution in [0.4, 0.5) is 10.2 Å². The molecule has 1 N–H and O–H groups in total. The molecule has 0 radical (unpaired) electrons. The van der Waals surface area contributed by atoms with Gasteiger partial charge in [0.05, 0.1) is 5.75 Å². The van der Waals surface area contributed by atoms with Gasteiger partial charge < -0.3 is 5.32 Å². The molecular formula is C15H18FN3S. The first-order valence-corrected chi connectivity index (χ1v) is 7.55. The Bertz CT molecular complexity index is 602. The number of hydrogen-bond donors (Lipinski definition) is 1. The van der Waals surface area contributed by atoms with E-state index in [1.165, 1.54) is 23.9 Å². The average Bonchev–Trinajstić information content (AvgIpc) is 2.44. The largest absolute Gasteiger partial charge is 0.373 e. The van der Waals surface area contributed by atoms with E-state index in [0.717, 1.165) is 34.2 Å². The minimum Gasteiger partial charge on any atom is -0.373 e. The summed E-state index contributed by atoms with van der Waals surface area (Å²) in [5.41, 5.74) is 2.15. The maximum atomic E-state index is 13.1. The van der Waals surface area contributed by atoms with Crippen LogP contribution < -0.4 is 5.32 Å². The van der Waals surface area contributed by atoms with E-state index in [9.17, 15) is 4.39 Å². The maximum Gasteiger partial charge on any atom is 0.141 e. The Morgan fingerprint density at radius 3 is 2.75 bits per heavy atom. The predicted octanol–water partition coefficient (Wildman–Crippen LogP) is 3.82. The lowest BCUT2D eigenvalue weighted by Gasteiger charge is -2.11. The molecule has 0 aliphatic carbocycles. The van der Waals surface area contributed by atoms with E-state index >= 15 is 0 Å². The van der Waals surface area contributed by atoms with Crippen molar-refractivity contribution in [3.63, 3.8) is 0 Å². The molecule has 0 unspecified atom stereocenters.